The number of halogens is 2. The molecule has 0 aromatic heterocycles. The third-order valence-corrected chi connectivity index (χ3v) is 3.10. The summed E-state index contributed by atoms with van der Waals surface area (Å²) in [6, 6.07) is 5.60. The number of benzene rings is 2. The van der Waals surface area contributed by atoms with Crippen molar-refractivity contribution in [2.45, 2.75) is 6.92 Å². The van der Waals surface area contributed by atoms with Crippen LogP contribution >= 0.6 is 0 Å². The van der Waals surface area contributed by atoms with Crippen molar-refractivity contribution in [2.75, 3.05) is 25.3 Å². The van der Waals surface area contributed by atoms with Crippen molar-refractivity contribution in [2.24, 2.45) is 0 Å². The average molecular weight is 294 g/mol. The first-order valence-corrected chi connectivity index (χ1v) is 6.21. The monoisotopic (exact) mass is 294 g/mol. The molecule has 0 aliphatic carbocycles. The Bertz CT molecular complexity index is 675. The number of anilines is 3. The third-order valence-electron chi connectivity index (χ3n) is 3.10. The molecule has 0 bridgehead atoms. The Balaban J connectivity index is 2.47. The van der Waals surface area contributed by atoms with Gasteiger partial charge in [-0.15, -0.1) is 0 Å². The van der Waals surface area contributed by atoms with Crippen molar-refractivity contribution in [1.29, 1.82) is 0 Å². The number of hydrogen-bond acceptors (Lipinski definition) is 4. The number of rotatable bonds is 4. The molecular weight excluding hydrogens is 278 g/mol. The summed E-state index contributed by atoms with van der Waals surface area (Å²) in [5, 5.41) is 2.67. The summed E-state index contributed by atoms with van der Waals surface area (Å²) < 4.78 is 38.0. The largest absolute Gasteiger partial charge is 0.493 e. The van der Waals surface area contributed by atoms with E-state index >= 15 is 0 Å². The lowest BCUT2D eigenvalue weighted by molar-refractivity contribution is 0.355. The standard InChI is InChI=1S/C15H16F2N2O2/c1-8-4-5-9(16)15(14(8)17)19-11-7-13(21-3)12(20-2)6-10(11)18/h4-7,19H,18H2,1-3H3. The molecule has 21 heavy (non-hydrogen) atoms. The van der Waals surface area contributed by atoms with Crippen LogP contribution in [0.2, 0.25) is 0 Å². The van der Waals surface area contributed by atoms with Crippen molar-refractivity contribution in [3.8, 4) is 11.5 Å². The molecule has 0 aliphatic rings. The van der Waals surface area contributed by atoms with Crippen LogP contribution in [0.25, 0.3) is 0 Å². The zero-order chi connectivity index (χ0) is 15.6. The van der Waals surface area contributed by atoms with Crippen molar-refractivity contribution < 1.29 is 18.3 Å². The number of ether oxygens (including phenoxy) is 2. The molecule has 112 valence electrons. The van der Waals surface area contributed by atoms with Gasteiger partial charge in [-0.25, -0.2) is 8.78 Å². The molecule has 0 spiro atoms. The SMILES string of the molecule is COc1cc(N)c(Nc2c(F)ccc(C)c2F)cc1OC. The predicted molar refractivity (Wildman–Crippen MR) is 78.3 cm³/mol. The Morgan fingerprint density at radius 1 is 1.05 bits per heavy atom. The first-order valence-electron chi connectivity index (χ1n) is 6.21. The number of nitrogen functional groups attached to an aromatic ring is 1. The molecule has 2 aromatic carbocycles. The lowest BCUT2D eigenvalue weighted by atomic mass is 10.1. The maximum absolute atomic E-state index is 14.0. The molecule has 0 amide bonds. The Kier molecular flexibility index (Phi) is 4.16. The van der Waals surface area contributed by atoms with Crippen LogP contribution in [0.3, 0.4) is 0 Å². The predicted octanol–water partition coefficient (Wildman–Crippen LogP) is 3.62. The lowest BCUT2D eigenvalue weighted by Gasteiger charge is -2.15. The van der Waals surface area contributed by atoms with Crippen LogP contribution < -0.4 is 20.5 Å². The van der Waals surface area contributed by atoms with Gasteiger partial charge in [-0.3, -0.25) is 0 Å². The highest BCUT2D eigenvalue weighted by Crippen LogP contribution is 2.37. The molecule has 0 saturated heterocycles. The van der Waals surface area contributed by atoms with Gasteiger partial charge in [-0.1, -0.05) is 6.07 Å². The molecule has 0 unspecified atom stereocenters. The van der Waals surface area contributed by atoms with E-state index in [4.69, 9.17) is 15.2 Å². The topological polar surface area (TPSA) is 56.5 Å². The Labute approximate surface area is 121 Å². The second kappa shape index (κ2) is 5.87. The fraction of sp³-hybridized carbons (Fsp3) is 0.200. The molecule has 0 atom stereocenters. The van der Waals surface area contributed by atoms with Crippen LogP contribution in [0.4, 0.5) is 25.8 Å². The zero-order valence-corrected chi connectivity index (χ0v) is 12.0. The minimum absolute atomic E-state index is 0.256. The fourth-order valence-electron chi connectivity index (χ4n) is 1.91. The summed E-state index contributed by atoms with van der Waals surface area (Å²) in [5.41, 5.74) is 6.55. The summed E-state index contributed by atoms with van der Waals surface area (Å²) in [4.78, 5) is 0. The molecule has 0 heterocycles. The lowest BCUT2D eigenvalue weighted by Crippen LogP contribution is -2.03. The van der Waals surface area contributed by atoms with Gasteiger partial charge in [0.05, 0.1) is 25.6 Å². The molecule has 6 heteroatoms. The van der Waals surface area contributed by atoms with E-state index in [1.807, 2.05) is 0 Å². The van der Waals surface area contributed by atoms with Gasteiger partial charge >= 0.3 is 0 Å². The first-order chi connectivity index (χ1) is 9.97. The Morgan fingerprint density at radius 3 is 2.29 bits per heavy atom. The van der Waals surface area contributed by atoms with Gasteiger partial charge in [0.2, 0.25) is 0 Å². The molecule has 0 fully saturated rings. The normalized spacial score (nSPS) is 10.3. The molecule has 3 N–H and O–H groups in total. The van der Waals surface area contributed by atoms with Crippen molar-refractivity contribution in [1.82, 2.24) is 0 Å². The maximum Gasteiger partial charge on any atom is 0.162 e. The molecule has 0 radical (unpaired) electrons. The van der Waals surface area contributed by atoms with Crippen LogP contribution in [0.5, 0.6) is 11.5 Å². The van der Waals surface area contributed by atoms with E-state index in [0.717, 1.165) is 0 Å². The average Bonchev–Trinajstić information content (AvgIpc) is 2.48. The van der Waals surface area contributed by atoms with E-state index in [9.17, 15) is 8.78 Å². The van der Waals surface area contributed by atoms with E-state index in [1.54, 1.807) is 6.92 Å². The van der Waals surface area contributed by atoms with Crippen LogP contribution in [0.15, 0.2) is 24.3 Å². The summed E-state index contributed by atoms with van der Waals surface area (Å²) in [5.74, 6) is -0.523. The number of hydrogen-bond donors (Lipinski definition) is 2. The van der Waals surface area contributed by atoms with Gasteiger partial charge in [-0.05, 0) is 18.6 Å². The quantitative estimate of drug-likeness (QED) is 0.846. The van der Waals surface area contributed by atoms with Crippen LogP contribution in [0, 0.1) is 18.6 Å². The molecule has 0 aliphatic heterocycles. The first kappa shape index (κ1) is 14.9. The van der Waals surface area contributed by atoms with Crippen molar-refractivity contribution in [3.63, 3.8) is 0 Å². The highest BCUT2D eigenvalue weighted by molar-refractivity contribution is 5.77. The zero-order valence-electron chi connectivity index (χ0n) is 12.0. The second-order valence-electron chi connectivity index (χ2n) is 4.47. The highest BCUT2D eigenvalue weighted by Gasteiger charge is 2.15. The molecule has 2 aromatic rings. The minimum atomic E-state index is -0.702. The number of nitrogens with two attached hydrogens (primary N) is 1. The van der Waals surface area contributed by atoms with Gasteiger partial charge < -0.3 is 20.5 Å². The van der Waals surface area contributed by atoms with Crippen molar-refractivity contribution >= 4 is 17.1 Å². The van der Waals surface area contributed by atoms with Crippen molar-refractivity contribution in [3.05, 3.63) is 41.5 Å². The summed E-state index contributed by atoms with van der Waals surface area (Å²) in [6.45, 7) is 1.55. The van der Waals surface area contributed by atoms with E-state index < -0.39 is 11.6 Å². The van der Waals surface area contributed by atoms with E-state index in [2.05, 4.69) is 5.32 Å². The summed E-state index contributed by atoms with van der Waals surface area (Å²) in [6.07, 6.45) is 0. The van der Waals surface area contributed by atoms with Gasteiger partial charge in [-0.2, -0.15) is 0 Å². The highest BCUT2D eigenvalue weighted by atomic mass is 19.1. The number of nitrogens with one attached hydrogen (secondary N) is 1. The summed E-state index contributed by atoms with van der Waals surface area (Å²) in [7, 11) is 2.94. The molecular formula is C15H16F2N2O2. The molecule has 2 rings (SSSR count). The second-order valence-corrected chi connectivity index (χ2v) is 4.47. The van der Waals surface area contributed by atoms with Gasteiger partial charge in [0, 0.05) is 12.1 Å². The maximum atomic E-state index is 14.0. The minimum Gasteiger partial charge on any atom is -0.493 e. The van der Waals surface area contributed by atoms with Gasteiger partial charge in [0.1, 0.15) is 11.5 Å². The third kappa shape index (κ3) is 2.84. The van der Waals surface area contributed by atoms with Crippen LogP contribution in [-0.4, -0.2) is 14.2 Å². The van der Waals surface area contributed by atoms with Gasteiger partial charge in [0.25, 0.3) is 0 Å². The van der Waals surface area contributed by atoms with Gasteiger partial charge in [0.15, 0.2) is 17.3 Å². The molecule has 4 nitrogen and oxygen atoms in total. The van der Waals surface area contributed by atoms with E-state index in [-0.39, 0.29) is 11.4 Å². The number of methoxy groups -OCH3 is 2. The fourth-order valence-corrected chi connectivity index (χ4v) is 1.91. The summed E-state index contributed by atoms with van der Waals surface area (Å²) >= 11 is 0. The van der Waals surface area contributed by atoms with E-state index in [0.29, 0.717) is 22.7 Å². The number of aryl methyl sites for hydroxylation is 1. The Morgan fingerprint density at radius 2 is 1.67 bits per heavy atom. The van der Waals surface area contributed by atoms with E-state index in [1.165, 1.54) is 38.5 Å². The van der Waals surface area contributed by atoms with Crippen LogP contribution in [-0.2, 0) is 0 Å². The van der Waals surface area contributed by atoms with Crippen LogP contribution in [0.1, 0.15) is 5.56 Å². The molecule has 0 saturated carbocycles. The Hall–Kier alpha value is -2.50. The smallest absolute Gasteiger partial charge is 0.162 e.